The lowest BCUT2D eigenvalue weighted by molar-refractivity contribution is 0.0500. The maximum absolute atomic E-state index is 11.7. The quantitative estimate of drug-likeness (QED) is 0.611. The van der Waals surface area contributed by atoms with Crippen molar-refractivity contribution in [2.24, 2.45) is 5.92 Å². The molecule has 6 heteroatoms. The minimum Gasteiger partial charge on any atom is -0.475 e. The van der Waals surface area contributed by atoms with E-state index in [1.165, 1.54) is 48.6 Å². The number of pyridine rings is 1. The van der Waals surface area contributed by atoms with Crippen LogP contribution in [0.3, 0.4) is 0 Å². The van der Waals surface area contributed by atoms with Gasteiger partial charge in [0.1, 0.15) is 12.2 Å². The van der Waals surface area contributed by atoms with E-state index in [1.54, 1.807) is 0 Å². The Morgan fingerprint density at radius 2 is 1.97 bits per heavy atom. The topological polar surface area (TPSA) is 45.7 Å². The predicted molar refractivity (Wildman–Crippen MR) is 133 cm³/mol. The number of fused-ring (bicyclic) bond motifs is 3. The van der Waals surface area contributed by atoms with Gasteiger partial charge in [-0.05, 0) is 42.9 Å². The molecule has 1 saturated heterocycles. The first-order valence-electron chi connectivity index (χ1n) is 12.5. The third kappa shape index (κ3) is 5.35. The second-order valence-electron chi connectivity index (χ2n) is 9.34. The number of ether oxygens (including phenoxy) is 1. The molecule has 0 bridgehead atoms. The number of rotatable bonds is 3. The summed E-state index contributed by atoms with van der Waals surface area (Å²) in [4.78, 5) is 9.69. The highest BCUT2D eigenvalue weighted by Gasteiger charge is 2.29. The molecule has 1 aromatic heterocycles. The molecular formula is C26H39N3O2S. The second kappa shape index (κ2) is 11.1. The Kier molecular flexibility index (Phi) is 8.19. The minimum atomic E-state index is -0.640. The summed E-state index contributed by atoms with van der Waals surface area (Å²) in [6.07, 6.45) is 8.46. The first-order valence-corrected chi connectivity index (χ1v) is 14.0. The molecule has 1 aliphatic carbocycles. The van der Waals surface area contributed by atoms with Gasteiger partial charge in [-0.1, -0.05) is 39.7 Å². The highest BCUT2D eigenvalue weighted by Crippen LogP contribution is 2.37. The summed E-state index contributed by atoms with van der Waals surface area (Å²) >= 11 is 0. The van der Waals surface area contributed by atoms with Crippen molar-refractivity contribution >= 4 is 21.7 Å². The van der Waals surface area contributed by atoms with Crippen LogP contribution in [-0.4, -0.2) is 56.4 Å². The van der Waals surface area contributed by atoms with Crippen LogP contribution < -0.4 is 4.74 Å². The molecule has 2 aromatic rings. The lowest BCUT2D eigenvalue weighted by atomic mass is 9.99. The highest BCUT2D eigenvalue weighted by atomic mass is 32.2. The third-order valence-corrected chi connectivity index (χ3v) is 8.44. The molecule has 0 amide bonds. The maximum atomic E-state index is 11.7. The van der Waals surface area contributed by atoms with Crippen LogP contribution >= 0.6 is 0 Å². The summed E-state index contributed by atoms with van der Waals surface area (Å²) < 4.78 is 18.1. The van der Waals surface area contributed by atoms with Gasteiger partial charge in [-0.25, -0.2) is 0 Å². The first kappa shape index (κ1) is 23.7. The van der Waals surface area contributed by atoms with Crippen LogP contribution in [0.1, 0.15) is 64.0 Å². The van der Waals surface area contributed by atoms with E-state index in [-0.39, 0.29) is 0 Å². The summed E-state index contributed by atoms with van der Waals surface area (Å²) in [5, 5.41) is 1.19. The Morgan fingerprint density at radius 1 is 1.16 bits per heavy atom. The maximum Gasteiger partial charge on any atom is 0.152 e. The van der Waals surface area contributed by atoms with Gasteiger partial charge in [0, 0.05) is 71.7 Å². The van der Waals surface area contributed by atoms with Gasteiger partial charge in [0.05, 0.1) is 0 Å². The van der Waals surface area contributed by atoms with Gasteiger partial charge in [-0.2, -0.15) is 0 Å². The van der Waals surface area contributed by atoms with Crippen LogP contribution in [0, 0.1) is 5.92 Å². The van der Waals surface area contributed by atoms with Crippen LogP contribution in [-0.2, 0) is 23.9 Å². The molecule has 2 atom stereocenters. The monoisotopic (exact) mass is 457 g/mol. The summed E-state index contributed by atoms with van der Waals surface area (Å²) in [7, 11) is -0.640. The van der Waals surface area contributed by atoms with Gasteiger partial charge in [0.2, 0.25) is 0 Å². The van der Waals surface area contributed by atoms with Crippen LogP contribution in [0.5, 0.6) is 5.75 Å². The van der Waals surface area contributed by atoms with E-state index in [0.717, 1.165) is 54.9 Å². The first-order chi connectivity index (χ1) is 15.7. The second-order valence-corrected chi connectivity index (χ2v) is 11.0. The van der Waals surface area contributed by atoms with Crippen molar-refractivity contribution in [2.75, 3.05) is 31.3 Å². The molecule has 0 N–H and O–H groups in total. The van der Waals surface area contributed by atoms with E-state index in [4.69, 9.17) is 9.72 Å². The van der Waals surface area contributed by atoms with Crippen molar-refractivity contribution in [3.05, 3.63) is 35.5 Å². The standard InChI is InChI=1S/C24H33N3O2S.C2H6/c1-18-4-2-5-21(8-7-18)27-16-20-14-19(15-26-10-12-30(28)13-11-26)22-6-3-9-25-23(22)24(20)29-17-27;1-2/h3,6,9,14,18,21H,2,4-5,7-8,10-13,15-17H2,1H3;1-2H3. The van der Waals surface area contributed by atoms with Crippen molar-refractivity contribution in [3.63, 3.8) is 0 Å². The van der Waals surface area contributed by atoms with Crippen LogP contribution in [0.25, 0.3) is 10.9 Å². The number of aromatic nitrogens is 1. The Morgan fingerprint density at radius 3 is 2.78 bits per heavy atom. The Labute approximate surface area is 196 Å². The number of nitrogens with zero attached hydrogens (tertiary/aromatic N) is 3. The largest absolute Gasteiger partial charge is 0.475 e. The van der Waals surface area contributed by atoms with Gasteiger partial charge >= 0.3 is 0 Å². The van der Waals surface area contributed by atoms with Gasteiger partial charge < -0.3 is 4.74 Å². The Bertz CT molecular complexity index is 925. The van der Waals surface area contributed by atoms with Crippen molar-refractivity contribution in [2.45, 2.75) is 72.0 Å². The van der Waals surface area contributed by atoms with Gasteiger partial charge in [-0.15, -0.1) is 0 Å². The van der Waals surface area contributed by atoms with E-state index in [0.29, 0.717) is 12.8 Å². The summed E-state index contributed by atoms with van der Waals surface area (Å²) in [6, 6.07) is 7.17. The van der Waals surface area contributed by atoms with Crippen molar-refractivity contribution < 1.29 is 8.95 Å². The van der Waals surface area contributed by atoms with Crippen molar-refractivity contribution in [1.82, 2.24) is 14.8 Å². The third-order valence-electron chi connectivity index (χ3n) is 7.16. The predicted octanol–water partition coefficient (Wildman–Crippen LogP) is 4.95. The molecule has 176 valence electrons. The fourth-order valence-corrected chi connectivity index (χ4v) is 6.44. The lowest BCUT2D eigenvalue weighted by Gasteiger charge is -2.36. The lowest BCUT2D eigenvalue weighted by Crippen LogP contribution is -2.40. The van der Waals surface area contributed by atoms with E-state index in [9.17, 15) is 4.21 Å². The zero-order valence-electron chi connectivity index (χ0n) is 20.0. The Hall–Kier alpha value is -1.50. The molecule has 0 radical (unpaired) electrons. The smallest absolute Gasteiger partial charge is 0.152 e. The highest BCUT2D eigenvalue weighted by molar-refractivity contribution is 7.85. The molecule has 3 aliphatic rings. The van der Waals surface area contributed by atoms with Gasteiger partial charge in [0.25, 0.3) is 0 Å². The van der Waals surface area contributed by atoms with Gasteiger partial charge in [0.15, 0.2) is 5.75 Å². The van der Waals surface area contributed by atoms with E-state index in [1.807, 2.05) is 26.1 Å². The molecule has 2 fully saturated rings. The fraction of sp³-hybridized carbons (Fsp3) is 0.654. The summed E-state index contributed by atoms with van der Waals surface area (Å²) in [5.41, 5.74) is 3.60. The molecule has 1 aromatic carbocycles. The van der Waals surface area contributed by atoms with Crippen LogP contribution in [0.15, 0.2) is 24.4 Å². The van der Waals surface area contributed by atoms with Crippen molar-refractivity contribution in [1.29, 1.82) is 0 Å². The molecule has 2 unspecified atom stereocenters. The van der Waals surface area contributed by atoms with Crippen LogP contribution in [0.4, 0.5) is 0 Å². The average molecular weight is 458 g/mol. The molecule has 3 heterocycles. The Balaban J connectivity index is 0.00000119. The van der Waals surface area contributed by atoms with Gasteiger partial charge in [-0.3, -0.25) is 19.0 Å². The SMILES string of the molecule is CC.CC1CCCC(N2COc3c(cc(CN4CCS(=O)CC4)c4cccnc34)C2)CC1. The average Bonchev–Trinajstić information content (AvgIpc) is 3.06. The molecule has 2 aliphatic heterocycles. The zero-order chi connectivity index (χ0) is 22.5. The molecule has 5 rings (SSSR count). The molecular weight excluding hydrogens is 418 g/mol. The number of hydrogen-bond donors (Lipinski definition) is 0. The molecule has 0 spiro atoms. The fourth-order valence-electron chi connectivity index (χ4n) is 5.31. The van der Waals surface area contributed by atoms with Crippen LogP contribution in [0.2, 0.25) is 0 Å². The minimum absolute atomic E-state index is 0.628. The summed E-state index contributed by atoms with van der Waals surface area (Å²) in [5.74, 6) is 3.41. The molecule has 1 saturated carbocycles. The summed E-state index contributed by atoms with van der Waals surface area (Å²) in [6.45, 7) is 10.7. The number of hydrogen-bond acceptors (Lipinski definition) is 5. The zero-order valence-corrected chi connectivity index (χ0v) is 20.8. The normalized spacial score (nSPS) is 25.3. The van der Waals surface area contributed by atoms with E-state index in [2.05, 4.69) is 28.9 Å². The molecule has 32 heavy (non-hydrogen) atoms. The number of benzene rings is 1. The molecule has 5 nitrogen and oxygen atoms in total. The van der Waals surface area contributed by atoms with E-state index < -0.39 is 10.8 Å². The van der Waals surface area contributed by atoms with Crippen molar-refractivity contribution in [3.8, 4) is 5.75 Å². The van der Waals surface area contributed by atoms with E-state index >= 15 is 0 Å².